The fraction of sp³-hybridized carbons (Fsp3) is 0.367. The number of amides is 1. The van der Waals surface area contributed by atoms with E-state index in [-0.39, 0.29) is 24.0 Å². The zero-order valence-electron chi connectivity index (χ0n) is 21.0. The van der Waals surface area contributed by atoms with E-state index in [1.54, 1.807) is 6.92 Å². The van der Waals surface area contributed by atoms with Gasteiger partial charge in [0.1, 0.15) is 11.5 Å². The molecule has 3 aromatic rings. The third-order valence-corrected chi connectivity index (χ3v) is 5.66. The smallest absolute Gasteiger partial charge is 0.219 e. The minimum absolute atomic E-state index is 0.0787. The molecule has 4 heteroatoms. The molecule has 0 N–H and O–H groups in total. The first-order chi connectivity index (χ1) is 16.3. The van der Waals surface area contributed by atoms with Gasteiger partial charge in [0.2, 0.25) is 5.91 Å². The average molecular weight is 460 g/mol. The van der Waals surface area contributed by atoms with Crippen LogP contribution in [-0.2, 0) is 11.3 Å². The lowest BCUT2D eigenvalue weighted by molar-refractivity contribution is -0.129. The summed E-state index contributed by atoms with van der Waals surface area (Å²) in [7, 11) is 0. The maximum Gasteiger partial charge on any atom is 0.219 e. The Labute approximate surface area is 204 Å². The Balaban J connectivity index is 1.74. The van der Waals surface area contributed by atoms with Crippen LogP contribution in [0.15, 0.2) is 78.9 Å². The van der Waals surface area contributed by atoms with Gasteiger partial charge in [-0.05, 0) is 75.1 Å². The Hall–Kier alpha value is -3.27. The standard InChI is InChI=1S/C30H37NO3/c1-22(2)33-28-15-11-25(12-16-28)21-31(24(5)32)20-19-30(26-9-7-6-8-10-26)27-13-17-29(18-14-27)34-23(3)4/h6-18,22-23,30H,19-21H2,1-5H3. The highest BCUT2D eigenvalue weighted by Crippen LogP contribution is 2.30. The summed E-state index contributed by atoms with van der Waals surface area (Å²) < 4.78 is 11.6. The van der Waals surface area contributed by atoms with E-state index in [0.717, 1.165) is 23.5 Å². The van der Waals surface area contributed by atoms with Crippen molar-refractivity contribution in [2.24, 2.45) is 0 Å². The van der Waals surface area contributed by atoms with Crippen molar-refractivity contribution in [3.05, 3.63) is 95.6 Å². The van der Waals surface area contributed by atoms with E-state index in [4.69, 9.17) is 9.47 Å². The summed E-state index contributed by atoms with van der Waals surface area (Å²) in [4.78, 5) is 14.4. The average Bonchev–Trinajstić information content (AvgIpc) is 2.80. The van der Waals surface area contributed by atoms with Gasteiger partial charge in [-0.2, -0.15) is 0 Å². The van der Waals surface area contributed by atoms with Gasteiger partial charge in [-0.3, -0.25) is 4.79 Å². The van der Waals surface area contributed by atoms with Crippen molar-refractivity contribution in [2.45, 2.75) is 65.7 Å². The molecule has 0 spiro atoms. The van der Waals surface area contributed by atoms with Crippen molar-refractivity contribution in [3.8, 4) is 11.5 Å². The molecule has 0 aliphatic rings. The number of rotatable bonds is 11. The molecule has 180 valence electrons. The highest BCUT2D eigenvalue weighted by molar-refractivity contribution is 5.73. The van der Waals surface area contributed by atoms with Gasteiger partial charge in [0, 0.05) is 25.9 Å². The maximum absolute atomic E-state index is 12.5. The number of hydrogen-bond acceptors (Lipinski definition) is 3. The molecule has 3 rings (SSSR count). The summed E-state index contributed by atoms with van der Waals surface area (Å²) in [6.07, 6.45) is 1.12. The third kappa shape index (κ3) is 7.65. The molecule has 0 aliphatic heterocycles. The molecule has 0 saturated carbocycles. The van der Waals surface area contributed by atoms with Crippen molar-refractivity contribution in [3.63, 3.8) is 0 Å². The van der Waals surface area contributed by atoms with Gasteiger partial charge >= 0.3 is 0 Å². The maximum atomic E-state index is 12.5. The minimum Gasteiger partial charge on any atom is -0.491 e. The van der Waals surface area contributed by atoms with Crippen LogP contribution in [0.4, 0.5) is 0 Å². The Bertz CT molecular complexity index is 1010. The molecule has 0 radical (unpaired) electrons. The van der Waals surface area contributed by atoms with E-state index < -0.39 is 0 Å². The minimum atomic E-state index is 0.0787. The molecule has 0 aromatic heterocycles. The van der Waals surface area contributed by atoms with Crippen molar-refractivity contribution in [1.82, 2.24) is 4.90 Å². The molecule has 0 bridgehead atoms. The molecule has 1 amide bonds. The number of ether oxygens (including phenoxy) is 2. The van der Waals surface area contributed by atoms with E-state index in [1.807, 2.05) is 75.1 Å². The van der Waals surface area contributed by atoms with E-state index in [9.17, 15) is 4.79 Å². The molecule has 4 nitrogen and oxygen atoms in total. The quantitative estimate of drug-likeness (QED) is 0.315. The summed E-state index contributed by atoms with van der Waals surface area (Å²) in [6.45, 7) is 11.0. The van der Waals surface area contributed by atoms with E-state index in [1.165, 1.54) is 11.1 Å². The van der Waals surface area contributed by atoms with Crippen LogP contribution in [0.1, 0.15) is 63.6 Å². The predicted octanol–water partition coefficient (Wildman–Crippen LogP) is 6.83. The first kappa shape index (κ1) is 25.4. The van der Waals surface area contributed by atoms with Crippen molar-refractivity contribution in [2.75, 3.05) is 6.54 Å². The van der Waals surface area contributed by atoms with Crippen LogP contribution in [-0.4, -0.2) is 29.6 Å². The lowest BCUT2D eigenvalue weighted by atomic mass is 9.88. The Morgan fingerprint density at radius 1 is 0.735 bits per heavy atom. The third-order valence-electron chi connectivity index (χ3n) is 5.66. The first-order valence-corrected chi connectivity index (χ1v) is 12.1. The summed E-state index contributed by atoms with van der Waals surface area (Å²) in [6, 6.07) is 26.9. The van der Waals surface area contributed by atoms with Crippen molar-refractivity contribution < 1.29 is 14.3 Å². The van der Waals surface area contributed by atoms with Crippen LogP contribution in [0.3, 0.4) is 0 Å². The van der Waals surface area contributed by atoms with Crippen molar-refractivity contribution in [1.29, 1.82) is 0 Å². The second-order valence-electron chi connectivity index (χ2n) is 9.24. The van der Waals surface area contributed by atoms with E-state index >= 15 is 0 Å². The van der Waals surface area contributed by atoms with Crippen LogP contribution in [0.2, 0.25) is 0 Å². The zero-order valence-corrected chi connectivity index (χ0v) is 21.0. The Morgan fingerprint density at radius 3 is 1.74 bits per heavy atom. The lowest BCUT2D eigenvalue weighted by Crippen LogP contribution is -2.30. The summed E-state index contributed by atoms with van der Waals surface area (Å²) in [5.74, 6) is 2.00. The molecular formula is C30H37NO3. The number of carbonyl (C=O) groups is 1. The van der Waals surface area contributed by atoms with Gasteiger partial charge in [-0.1, -0.05) is 54.6 Å². The molecule has 0 heterocycles. The molecule has 0 aliphatic carbocycles. The topological polar surface area (TPSA) is 38.8 Å². The number of carbonyl (C=O) groups excluding carboxylic acids is 1. The molecule has 0 saturated heterocycles. The fourth-order valence-corrected chi connectivity index (χ4v) is 4.06. The highest BCUT2D eigenvalue weighted by Gasteiger charge is 2.18. The zero-order chi connectivity index (χ0) is 24.5. The highest BCUT2D eigenvalue weighted by atomic mass is 16.5. The largest absolute Gasteiger partial charge is 0.491 e. The first-order valence-electron chi connectivity index (χ1n) is 12.1. The van der Waals surface area contributed by atoms with Gasteiger partial charge < -0.3 is 14.4 Å². The fourth-order valence-electron chi connectivity index (χ4n) is 4.06. The number of benzene rings is 3. The second-order valence-corrected chi connectivity index (χ2v) is 9.24. The second kappa shape index (κ2) is 12.3. The van der Waals surface area contributed by atoms with Gasteiger partial charge in [0.15, 0.2) is 0 Å². The van der Waals surface area contributed by atoms with Crippen LogP contribution in [0.5, 0.6) is 11.5 Å². The van der Waals surface area contributed by atoms with Gasteiger partial charge in [-0.25, -0.2) is 0 Å². The van der Waals surface area contributed by atoms with Gasteiger partial charge in [-0.15, -0.1) is 0 Å². The summed E-state index contributed by atoms with van der Waals surface area (Å²) in [5.41, 5.74) is 3.57. The van der Waals surface area contributed by atoms with Crippen molar-refractivity contribution >= 4 is 5.91 Å². The van der Waals surface area contributed by atoms with E-state index in [0.29, 0.717) is 13.1 Å². The molecule has 0 fully saturated rings. The lowest BCUT2D eigenvalue weighted by Gasteiger charge is -2.25. The van der Waals surface area contributed by atoms with Crippen LogP contribution < -0.4 is 9.47 Å². The molecule has 34 heavy (non-hydrogen) atoms. The number of hydrogen-bond donors (Lipinski definition) is 0. The molecule has 1 unspecified atom stereocenters. The Morgan fingerprint density at radius 2 is 1.24 bits per heavy atom. The summed E-state index contributed by atoms with van der Waals surface area (Å²) in [5, 5.41) is 0. The van der Waals surface area contributed by atoms with Gasteiger partial charge in [0.05, 0.1) is 12.2 Å². The van der Waals surface area contributed by atoms with E-state index in [2.05, 4.69) is 36.4 Å². The molecule has 3 aromatic carbocycles. The van der Waals surface area contributed by atoms with Crippen LogP contribution in [0, 0.1) is 0 Å². The summed E-state index contributed by atoms with van der Waals surface area (Å²) >= 11 is 0. The monoisotopic (exact) mass is 459 g/mol. The van der Waals surface area contributed by atoms with Crippen LogP contribution in [0.25, 0.3) is 0 Å². The van der Waals surface area contributed by atoms with Gasteiger partial charge in [0.25, 0.3) is 0 Å². The molecular weight excluding hydrogens is 422 g/mol. The Kier molecular flexibility index (Phi) is 9.15. The van der Waals surface area contributed by atoms with Crippen LogP contribution >= 0.6 is 0 Å². The SMILES string of the molecule is CC(=O)N(CCC(c1ccccc1)c1ccc(OC(C)C)cc1)Cc1ccc(OC(C)C)cc1. The molecule has 1 atom stereocenters. The number of nitrogens with zero attached hydrogens (tertiary/aromatic N) is 1. The normalized spacial score (nSPS) is 12.0. The predicted molar refractivity (Wildman–Crippen MR) is 138 cm³/mol.